The van der Waals surface area contributed by atoms with Gasteiger partial charge < -0.3 is 0 Å². The van der Waals surface area contributed by atoms with Crippen molar-refractivity contribution in [2.24, 2.45) is 5.92 Å². The summed E-state index contributed by atoms with van der Waals surface area (Å²) < 4.78 is 0. The third-order valence-corrected chi connectivity index (χ3v) is 3.28. The highest BCUT2D eigenvalue weighted by atomic mass is 32.1. The molecule has 2 nitrogen and oxygen atoms in total. The van der Waals surface area contributed by atoms with Gasteiger partial charge in [-0.05, 0) is 23.6 Å². The Bertz CT molecular complexity index is 486. The molecule has 0 aliphatic carbocycles. The summed E-state index contributed by atoms with van der Waals surface area (Å²) in [6.45, 7) is 8.31. The van der Waals surface area contributed by atoms with Crippen LogP contribution in [0.1, 0.15) is 19.5 Å². The Morgan fingerprint density at radius 1 is 1.38 bits per heavy atom. The first-order chi connectivity index (χ1) is 7.68. The highest BCUT2D eigenvalue weighted by Crippen LogP contribution is 2.27. The molecule has 3 heteroatoms. The van der Waals surface area contributed by atoms with Crippen molar-refractivity contribution in [3.63, 3.8) is 0 Å². The molecule has 0 N–H and O–H groups in total. The van der Waals surface area contributed by atoms with E-state index in [1.54, 1.807) is 17.5 Å². The first-order valence-corrected chi connectivity index (χ1v) is 6.12. The zero-order valence-corrected chi connectivity index (χ0v) is 10.3. The molecule has 0 aliphatic rings. The van der Waals surface area contributed by atoms with Crippen LogP contribution in [0.3, 0.4) is 0 Å². The molecule has 0 saturated heterocycles. The van der Waals surface area contributed by atoms with Crippen molar-refractivity contribution in [3.8, 4) is 10.7 Å². The van der Waals surface area contributed by atoms with Crippen molar-refractivity contribution in [1.29, 1.82) is 0 Å². The molecule has 2 heterocycles. The maximum atomic E-state index is 4.56. The van der Waals surface area contributed by atoms with E-state index in [0.29, 0.717) is 5.92 Å². The van der Waals surface area contributed by atoms with Gasteiger partial charge in [0.15, 0.2) is 0 Å². The van der Waals surface area contributed by atoms with Crippen LogP contribution in [0.15, 0.2) is 36.4 Å². The SMILES string of the molecule is C=C(c1csc(-c2ccccn2)n1)C(C)C. The molecule has 0 saturated carbocycles. The minimum atomic E-state index is 0.429. The van der Waals surface area contributed by atoms with E-state index in [1.807, 2.05) is 23.6 Å². The molecule has 0 fully saturated rings. The fourth-order valence-electron chi connectivity index (χ4n) is 1.32. The van der Waals surface area contributed by atoms with Gasteiger partial charge in [0, 0.05) is 11.6 Å². The maximum Gasteiger partial charge on any atom is 0.142 e. The quantitative estimate of drug-likeness (QED) is 0.799. The van der Waals surface area contributed by atoms with Crippen LogP contribution in [0.4, 0.5) is 0 Å². The van der Waals surface area contributed by atoms with E-state index >= 15 is 0 Å². The van der Waals surface area contributed by atoms with Crippen LogP contribution in [0, 0.1) is 5.92 Å². The molecule has 0 amide bonds. The van der Waals surface area contributed by atoms with Crippen LogP contribution in [0.5, 0.6) is 0 Å². The molecular weight excluding hydrogens is 216 g/mol. The highest BCUT2D eigenvalue weighted by Gasteiger charge is 2.09. The van der Waals surface area contributed by atoms with Gasteiger partial charge in [-0.15, -0.1) is 11.3 Å². The first kappa shape index (κ1) is 11.0. The lowest BCUT2D eigenvalue weighted by Gasteiger charge is -2.04. The van der Waals surface area contributed by atoms with Crippen molar-refractivity contribution in [1.82, 2.24) is 9.97 Å². The van der Waals surface area contributed by atoms with E-state index in [-0.39, 0.29) is 0 Å². The fourth-order valence-corrected chi connectivity index (χ4v) is 2.14. The summed E-state index contributed by atoms with van der Waals surface area (Å²) in [7, 11) is 0. The Labute approximate surface area is 99.7 Å². The molecule has 82 valence electrons. The van der Waals surface area contributed by atoms with E-state index in [4.69, 9.17) is 0 Å². The predicted octanol–water partition coefficient (Wildman–Crippen LogP) is 3.87. The van der Waals surface area contributed by atoms with Gasteiger partial charge in [-0.2, -0.15) is 0 Å². The molecule has 0 bridgehead atoms. The van der Waals surface area contributed by atoms with E-state index < -0.39 is 0 Å². The molecular formula is C13H14N2S. The third kappa shape index (κ3) is 2.19. The number of allylic oxidation sites excluding steroid dienone is 1. The Morgan fingerprint density at radius 3 is 2.81 bits per heavy atom. The van der Waals surface area contributed by atoms with Crippen LogP contribution in [-0.2, 0) is 0 Å². The Balaban J connectivity index is 2.30. The second-order valence-corrected chi connectivity index (χ2v) is 4.79. The summed E-state index contributed by atoms with van der Waals surface area (Å²) in [5.74, 6) is 0.429. The smallest absolute Gasteiger partial charge is 0.142 e. The highest BCUT2D eigenvalue weighted by molar-refractivity contribution is 7.13. The number of hydrogen-bond acceptors (Lipinski definition) is 3. The molecule has 2 aromatic rings. The van der Waals surface area contributed by atoms with Gasteiger partial charge in [0.1, 0.15) is 5.01 Å². The number of nitrogens with zero attached hydrogens (tertiary/aromatic N) is 2. The maximum absolute atomic E-state index is 4.56. The van der Waals surface area contributed by atoms with Crippen LogP contribution >= 0.6 is 11.3 Å². The molecule has 0 unspecified atom stereocenters. The van der Waals surface area contributed by atoms with Crippen LogP contribution in [0.25, 0.3) is 16.3 Å². The summed E-state index contributed by atoms with van der Waals surface area (Å²) in [4.78, 5) is 8.84. The molecule has 0 spiro atoms. The molecule has 0 atom stereocenters. The van der Waals surface area contributed by atoms with Crippen molar-refractivity contribution < 1.29 is 0 Å². The number of aromatic nitrogens is 2. The third-order valence-electron chi connectivity index (χ3n) is 2.41. The van der Waals surface area contributed by atoms with Crippen molar-refractivity contribution >= 4 is 16.9 Å². The topological polar surface area (TPSA) is 25.8 Å². The van der Waals surface area contributed by atoms with Crippen molar-refractivity contribution in [2.75, 3.05) is 0 Å². The average Bonchev–Trinajstić information content (AvgIpc) is 2.78. The molecule has 2 rings (SSSR count). The summed E-state index contributed by atoms with van der Waals surface area (Å²) >= 11 is 1.61. The lowest BCUT2D eigenvalue weighted by Crippen LogP contribution is -1.92. The monoisotopic (exact) mass is 230 g/mol. The Kier molecular flexibility index (Phi) is 3.15. The normalized spacial score (nSPS) is 10.7. The standard InChI is InChI=1S/C13H14N2S/c1-9(2)10(3)12-8-16-13(15-12)11-6-4-5-7-14-11/h4-9H,3H2,1-2H3. The summed E-state index contributed by atoms with van der Waals surface area (Å²) in [5, 5.41) is 3.00. The van der Waals surface area contributed by atoms with E-state index in [0.717, 1.165) is 22.0 Å². The minimum absolute atomic E-state index is 0.429. The Morgan fingerprint density at radius 2 is 2.19 bits per heavy atom. The number of thiazole rings is 1. The Hall–Kier alpha value is -1.48. The summed E-state index contributed by atoms with van der Waals surface area (Å²) in [6.07, 6.45) is 1.79. The van der Waals surface area contributed by atoms with Gasteiger partial charge >= 0.3 is 0 Å². The number of pyridine rings is 1. The van der Waals surface area contributed by atoms with Gasteiger partial charge in [0.05, 0.1) is 11.4 Å². The fraction of sp³-hybridized carbons (Fsp3) is 0.231. The zero-order chi connectivity index (χ0) is 11.5. The summed E-state index contributed by atoms with van der Waals surface area (Å²) in [6, 6.07) is 5.85. The number of hydrogen-bond donors (Lipinski definition) is 0. The van der Waals surface area contributed by atoms with Crippen LogP contribution in [0.2, 0.25) is 0 Å². The molecule has 0 aliphatic heterocycles. The largest absolute Gasteiger partial charge is 0.254 e. The lowest BCUT2D eigenvalue weighted by molar-refractivity contribution is 0.853. The second-order valence-electron chi connectivity index (χ2n) is 3.93. The molecule has 0 radical (unpaired) electrons. The summed E-state index contributed by atoms with van der Waals surface area (Å²) in [5.41, 5.74) is 2.99. The lowest BCUT2D eigenvalue weighted by atomic mass is 10.0. The van der Waals surface area contributed by atoms with Crippen LogP contribution < -0.4 is 0 Å². The van der Waals surface area contributed by atoms with E-state index in [9.17, 15) is 0 Å². The van der Waals surface area contributed by atoms with Gasteiger partial charge in [-0.3, -0.25) is 4.98 Å². The molecule has 0 aromatic carbocycles. The van der Waals surface area contributed by atoms with Gasteiger partial charge in [0.25, 0.3) is 0 Å². The molecule has 16 heavy (non-hydrogen) atoms. The van der Waals surface area contributed by atoms with Crippen molar-refractivity contribution in [3.05, 3.63) is 42.0 Å². The zero-order valence-electron chi connectivity index (χ0n) is 9.47. The second kappa shape index (κ2) is 4.58. The minimum Gasteiger partial charge on any atom is -0.254 e. The predicted molar refractivity (Wildman–Crippen MR) is 69.2 cm³/mol. The van der Waals surface area contributed by atoms with Gasteiger partial charge in [-0.1, -0.05) is 26.5 Å². The van der Waals surface area contributed by atoms with Crippen LogP contribution in [-0.4, -0.2) is 9.97 Å². The van der Waals surface area contributed by atoms with Crippen molar-refractivity contribution in [2.45, 2.75) is 13.8 Å². The molecule has 2 aromatic heterocycles. The first-order valence-electron chi connectivity index (χ1n) is 5.24. The number of rotatable bonds is 3. The van der Waals surface area contributed by atoms with Gasteiger partial charge in [0.2, 0.25) is 0 Å². The van der Waals surface area contributed by atoms with Gasteiger partial charge in [-0.25, -0.2) is 4.98 Å². The van der Waals surface area contributed by atoms with E-state index in [2.05, 4.69) is 30.4 Å². The van der Waals surface area contributed by atoms with E-state index in [1.165, 1.54) is 0 Å². The average molecular weight is 230 g/mol.